The van der Waals surface area contributed by atoms with E-state index in [1.807, 2.05) is 52.1 Å². The van der Waals surface area contributed by atoms with E-state index in [1.54, 1.807) is 17.4 Å². The van der Waals surface area contributed by atoms with E-state index in [0.29, 0.717) is 30.7 Å². The Kier molecular flexibility index (Phi) is 4.42. The lowest BCUT2D eigenvalue weighted by atomic mass is 10.1. The SMILES string of the molecule is Cc1nc(=O)c2ccccc2n1C1=CCN(C(=O)Cc2cccs2)CC1. The monoisotopic (exact) mass is 365 g/mol. The van der Waals surface area contributed by atoms with Crippen LogP contribution in [0.15, 0.2) is 52.6 Å². The summed E-state index contributed by atoms with van der Waals surface area (Å²) >= 11 is 1.61. The molecule has 1 aliphatic heterocycles. The van der Waals surface area contributed by atoms with Crippen molar-refractivity contribution in [2.24, 2.45) is 0 Å². The molecule has 6 heteroatoms. The van der Waals surface area contributed by atoms with Gasteiger partial charge in [0, 0.05) is 30.1 Å². The van der Waals surface area contributed by atoms with Crippen LogP contribution in [0, 0.1) is 6.92 Å². The highest BCUT2D eigenvalue weighted by molar-refractivity contribution is 7.10. The molecule has 0 saturated carbocycles. The molecule has 1 aromatic carbocycles. The normalized spacial score (nSPS) is 14.5. The number of thiophene rings is 1. The van der Waals surface area contributed by atoms with Gasteiger partial charge in [-0.1, -0.05) is 18.2 Å². The van der Waals surface area contributed by atoms with Crippen LogP contribution in [0.25, 0.3) is 16.6 Å². The van der Waals surface area contributed by atoms with E-state index in [9.17, 15) is 9.59 Å². The maximum Gasteiger partial charge on any atom is 0.280 e. The van der Waals surface area contributed by atoms with Gasteiger partial charge in [-0.2, -0.15) is 4.98 Å². The quantitative estimate of drug-likeness (QED) is 0.717. The Morgan fingerprint density at radius 2 is 2.08 bits per heavy atom. The van der Waals surface area contributed by atoms with Gasteiger partial charge in [0.05, 0.1) is 17.3 Å². The fraction of sp³-hybridized carbons (Fsp3) is 0.250. The Bertz CT molecular complexity index is 1050. The van der Waals surface area contributed by atoms with Crippen molar-refractivity contribution in [3.05, 3.63) is 68.9 Å². The summed E-state index contributed by atoms with van der Waals surface area (Å²) in [7, 11) is 0. The van der Waals surface area contributed by atoms with Gasteiger partial charge in [0.25, 0.3) is 5.56 Å². The molecule has 0 atom stereocenters. The molecule has 0 bridgehead atoms. The number of benzene rings is 1. The van der Waals surface area contributed by atoms with Gasteiger partial charge in [-0.3, -0.25) is 9.59 Å². The van der Waals surface area contributed by atoms with Crippen LogP contribution in [0.2, 0.25) is 0 Å². The zero-order valence-corrected chi connectivity index (χ0v) is 15.3. The average Bonchev–Trinajstić information content (AvgIpc) is 3.15. The summed E-state index contributed by atoms with van der Waals surface area (Å²) in [5.74, 6) is 0.834. The van der Waals surface area contributed by atoms with Crippen molar-refractivity contribution in [2.45, 2.75) is 19.8 Å². The number of carbonyl (C=O) groups excluding carboxylic acids is 1. The molecule has 1 amide bonds. The maximum absolute atomic E-state index is 12.5. The van der Waals surface area contributed by atoms with Crippen LogP contribution in [0.1, 0.15) is 17.1 Å². The summed E-state index contributed by atoms with van der Waals surface area (Å²) < 4.78 is 2.04. The summed E-state index contributed by atoms with van der Waals surface area (Å²) in [6.45, 7) is 3.11. The van der Waals surface area contributed by atoms with Crippen molar-refractivity contribution in [1.29, 1.82) is 0 Å². The molecule has 2 aromatic heterocycles. The number of rotatable bonds is 3. The number of carbonyl (C=O) groups is 1. The second kappa shape index (κ2) is 6.88. The highest BCUT2D eigenvalue weighted by atomic mass is 32.1. The third-order valence-corrected chi connectivity index (χ3v) is 5.57. The highest BCUT2D eigenvalue weighted by Crippen LogP contribution is 2.23. The first-order valence-corrected chi connectivity index (χ1v) is 9.49. The molecule has 0 saturated heterocycles. The molecule has 0 radical (unpaired) electrons. The van der Waals surface area contributed by atoms with E-state index < -0.39 is 0 Å². The predicted molar refractivity (Wildman–Crippen MR) is 104 cm³/mol. The Morgan fingerprint density at radius 1 is 1.23 bits per heavy atom. The Hall–Kier alpha value is -2.73. The highest BCUT2D eigenvalue weighted by Gasteiger charge is 2.20. The van der Waals surface area contributed by atoms with Gasteiger partial charge in [-0.05, 0) is 36.6 Å². The van der Waals surface area contributed by atoms with Gasteiger partial charge < -0.3 is 9.47 Å². The molecular formula is C20H19N3O2S. The molecule has 3 heterocycles. The molecule has 3 aromatic rings. The molecule has 0 aliphatic carbocycles. The van der Waals surface area contributed by atoms with Gasteiger partial charge in [0.15, 0.2) is 0 Å². The predicted octanol–water partition coefficient (Wildman–Crippen LogP) is 3.08. The largest absolute Gasteiger partial charge is 0.338 e. The van der Waals surface area contributed by atoms with Gasteiger partial charge >= 0.3 is 0 Å². The minimum Gasteiger partial charge on any atom is -0.338 e. The number of hydrogen-bond donors (Lipinski definition) is 0. The molecule has 0 fully saturated rings. The molecule has 5 nitrogen and oxygen atoms in total. The number of amides is 1. The first kappa shape index (κ1) is 16.7. The lowest BCUT2D eigenvalue weighted by molar-refractivity contribution is -0.130. The van der Waals surface area contributed by atoms with Crippen molar-refractivity contribution < 1.29 is 4.79 Å². The maximum atomic E-state index is 12.5. The first-order valence-electron chi connectivity index (χ1n) is 8.61. The third-order valence-electron chi connectivity index (χ3n) is 4.69. The van der Waals surface area contributed by atoms with Crippen molar-refractivity contribution in [2.75, 3.05) is 13.1 Å². The number of fused-ring (bicyclic) bond motifs is 1. The van der Waals surface area contributed by atoms with Crippen LogP contribution < -0.4 is 5.56 Å². The molecule has 132 valence electrons. The molecule has 4 rings (SSSR count). The number of hydrogen-bond acceptors (Lipinski definition) is 4. The molecule has 26 heavy (non-hydrogen) atoms. The first-order chi connectivity index (χ1) is 12.6. The van der Waals surface area contributed by atoms with Crippen LogP contribution in [0.5, 0.6) is 0 Å². The molecule has 0 N–H and O–H groups in total. The van der Waals surface area contributed by atoms with Gasteiger partial charge in [0.1, 0.15) is 5.82 Å². The van der Waals surface area contributed by atoms with Gasteiger partial charge in [-0.25, -0.2) is 0 Å². The van der Waals surface area contributed by atoms with Crippen LogP contribution in [0.4, 0.5) is 0 Å². The fourth-order valence-corrected chi connectivity index (χ4v) is 4.10. The topological polar surface area (TPSA) is 55.2 Å². The van der Waals surface area contributed by atoms with Crippen molar-refractivity contribution >= 4 is 33.8 Å². The number of para-hydroxylation sites is 1. The second-order valence-electron chi connectivity index (χ2n) is 6.36. The molecule has 0 unspecified atom stereocenters. The van der Waals surface area contributed by atoms with Crippen molar-refractivity contribution in [3.63, 3.8) is 0 Å². The van der Waals surface area contributed by atoms with Crippen LogP contribution in [0.3, 0.4) is 0 Å². The van der Waals surface area contributed by atoms with E-state index in [4.69, 9.17) is 0 Å². The lowest BCUT2D eigenvalue weighted by Crippen LogP contribution is -2.36. The van der Waals surface area contributed by atoms with Crippen molar-refractivity contribution in [1.82, 2.24) is 14.5 Å². The van der Waals surface area contributed by atoms with Crippen LogP contribution in [-0.4, -0.2) is 33.4 Å². The number of aromatic nitrogens is 2. The Labute approximate surface area is 155 Å². The van der Waals surface area contributed by atoms with E-state index in [0.717, 1.165) is 22.5 Å². The Morgan fingerprint density at radius 3 is 2.81 bits per heavy atom. The van der Waals surface area contributed by atoms with Crippen LogP contribution >= 0.6 is 11.3 Å². The minimum absolute atomic E-state index is 0.155. The zero-order valence-electron chi connectivity index (χ0n) is 14.5. The number of aryl methyl sites for hydroxylation is 1. The summed E-state index contributed by atoms with van der Waals surface area (Å²) in [5, 5.41) is 2.61. The summed E-state index contributed by atoms with van der Waals surface area (Å²) in [6.07, 6.45) is 3.27. The smallest absolute Gasteiger partial charge is 0.280 e. The minimum atomic E-state index is -0.196. The van der Waals surface area contributed by atoms with E-state index in [2.05, 4.69) is 11.1 Å². The second-order valence-corrected chi connectivity index (χ2v) is 7.39. The van der Waals surface area contributed by atoms with Crippen molar-refractivity contribution in [3.8, 4) is 0 Å². The zero-order chi connectivity index (χ0) is 18.1. The summed E-state index contributed by atoms with van der Waals surface area (Å²) in [6, 6.07) is 11.5. The van der Waals surface area contributed by atoms with Crippen LogP contribution in [-0.2, 0) is 11.2 Å². The summed E-state index contributed by atoms with van der Waals surface area (Å²) in [5.41, 5.74) is 1.76. The standard InChI is InChI=1S/C20H19N3O2S/c1-14-21-20(25)17-6-2-3-7-18(17)23(14)15-8-10-22(11-9-15)19(24)13-16-5-4-12-26-16/h2-8,12H,9-11,13H2,1H3. The average molecular weight is 365 g/mol. The van der Waals surface area contributed by atoms with E-state index in [-0.39, 0.29) is 11.5 Å². The van der Waals surface area contributed by atoms with E-state index in [1.165, 1.54) is 0 Å². The lowest BCUT2D eigenvalue weighted by Gasteiger charge is -2.28. The fourth-order valence-electron chi connectivity index (χ4n) is 3.41. The molecule has 1 aliphatic rings. The van der Waals surface area contributed by atoms with Gasteiger partial charge in [-0.15, -0.1) is 11.3 Å². The summed E-state index contributed by atoms with van der Waals surface area (Å²) in [4.78, 5) is 31.8. The van der Waals surface area contributed by atoms with E-state index >= 15 is 0 Å². The molecule has 0 spiro atoms. The number of nitrogens with zero attached hydrogens (tertiary/aromatic N) is 3. The Balaban J connectivity index is 1.61. The third kappa shape index (κ3) is 3.08. The van der Waals surface area contributed by atoms with Gasteiger partial charge in [0.2, 0.25) is 5.91 Å². The molecular weight excluding hydrogens is 346 g/mol.